The molecule has 1 aromatic rings. The Morgan fingerprint density at radius 1 is 1.17 bits per heavy atom. The van der Waals surface area contributed by atoms with Crippen LogP contribution in [0.3, 0.4) is 0 Å². The number of ether oxygens (including phenoxy) is 2. The Balaban J connectivity index is 2.72. The number of carbonyl (C=O) groups excluding carboxylic acids is 2. The number of benzene rings is 1. The zero-order valence-corrected chi connectivity index (χ0v) is 14.7. The van der Waals surface area contributed by atoms with E-state index in [2.05, 4.69) is 0 Å². The van der Waals surface area contributed by atoms with Crippen molar-refractivity contribution in [1.82, 2.24) is 4.90 Å². The highest BCUT2D eigenvalue weighted by Gasteiger charge is 2.21. The summed E-state index contributed by atoms with van der Waals surface area (Å²) < 4.78 is 10.2. The van der Waals surface area contributed by atoms with Gasteiger partial charge in [-0.3, -0.25) is 0 Å². The van der Waals surface area contributed by atoms with E-state index in [9.17, 15) is 9.59 Å². The first-order valence-corrected chi connectivity index (χ1v) is 7.92. The molecule has 0 aliphatic heterocycles. The van der Waals surface area contributed by atoms with Crippen molar-refractivity contribution in [3.8, 4) is 0 Å². The van der Waals surface area contributed by atoms with E-state index in [0.29, 0.717) is 25.1 Å². The molecule has 5 nitrogen and oxygen atoms in total. The third-order valence-corrected chi connectivity index (χ3v) is 3.16. The zero-order valence-electron chi connectivity index (χ0n) is 14.7. The third kappa shape index (κ3) is 6.72. The number of methoxy groups -OCH3 is 1. The van der Waals surface area contributed by atoms with Gasteiger partial charge in [-0.2, -0.15) is 0 Å². The molecular weight excluding hydrogens is 294 g/mol. The number of amides is 1. The summed E-state index contributed by atoms with van der Waals surface area (Å²) in [6.45, 7) is 8.78. The maximum atomic E-state index is 12.2. The minimum Gasteiger partial charge on any atom is -0.465 e. The van der Waals surface area contributed by atoms with E-state index in [4.69, 9.17) is 9.47 Å². The summed E-state index contributed by atoms with van der Waals surface area (Å²) in [7, 11) is 1.36. The van der Waals surface area contributed by atoms with E-state index in [0.717, 1.165) is 12.0 Å². The van der Waals surface area contributed by atoms with Gasteiger partial charge in [0.15, 0.2) is 0 Å². The summed E-state index contributed by atoms with van der Waals surface area (Å²) in [5, 5.41) is 0. The van der Waals surface area contributed by atoms with Crippen LogP contribution in [0.25, 0.3) is 0 Å². The summed E-state index contributed by atoms with van der Waals surface area (Å²) in [6.07, 6.45) is 1.22. The van der Waals surface area contributed by atoms with Crippen molar-refractivity contribution in [2.24, 2.45) is 0 Å². The molecule has 0 aliphatic carbocycles. The fourth-order valence-corrected chi connectivity index (χ4v) is 2.13. The third-order valence-electron chi connectivity index (χ3n) is 3.16. The predicted molar refractivity (Wildman–Crippen MR) is 89.6 cm³/mol. The topological polar surface area (TPSA) is 55.8 Å². The monoisotopic (exact) mass is 321 g/mol. The Kier molecular flexibility index (Phi) is 7.07. The lowest BCUT2D eigenvalue weighted by atomic mass is 10.1. The quantitative estimate of drug-likeness (QED) is 0.750. The number of nitrogens with zero attached hydrogens (tertiary/aromatic N) is 1. The van der Waals surface area contributed by atoms with E-state index in [-0.39, 0.29) is 12.1 Å². The van der Waals surface area contributed by atoms with Crippen molar-refractivity contribution in [3.05, 3.63) is 35.4 Å². The first kappa shape index (κ1) is 19.0. The van der Waals surface area contributed by atoms with Gasteiger partial charge in [0, 0.05) is 13.1 Å². The van der Waals surface area contributed by atoms with E-state index in [1.807, 2.05) is 39.8 Å². The van der Waals surface area contributed by atoms with Gasteiger partial charge in [-0.1, -0.05) is 19.1 Å². The Hall–Kier alpha value is -2.04. The Morgan fingerprint density at radius 3 is 2.43 bits per heavy atom. The van der Waals surface area contributed by atoms with Crippen LogP contribution in [0.15, 0.2) is 24.3 Å². The SMILES string of the molecule is CCCN(CCc1cccc(C(=O)OC)c1)C(=O)OC(C)(C)C. The molecule has 1 aromatic carbocycles. The number of carbonyl (C=O) groups is 2. The van der Waals surface area contributed by atoms with E-state index >= 15 is 0 Å². The van der Waals surface area contributed by atoms with Crippen LogP contribution in [0.2, 0.25) is 0 Å². The molecule has 0 saturated carbocycles. The smallest absolute Gasteiger partial charge is 0.410 e. The van der Waals surface area contributed by atoms with Gasteiger partial charge in [0.05, 0.1) is 12.7 Å². The molecular formula is C18H27NO4. The summed E-state index contributed by atoms with van der Waals surface area (Å²) in [5.74, 6) is -0.357. The molecule has 0 radical (unpaired) electrons. The lowest BCUT2D eigenvalue weighted by Crippen LogP contribution is -2.38. The van der Waals surface area contributed by atoms with E-state index in [1.165, 1.54) is 7.11 Å². The molecule has 0 atom stereocenters. The maximum absolute atomic E-state index is 12.2. The molecule has 128 valence electrons. The minimum absolute atomic E-state index is 0.302. The molecule has 0 fully saturated rings. The predicted octanol–water partition coefficient (Wildman–Crippen LogP) is 3.66. The van der Waals surface area contributed by atoms with Crippen LogP contribution < -0.4 is 0 Å². The van der Waals surface area contributed by atoms with Crippen LogP contribution in [-0.4, -0.2) is 42.8 Å². The Bertz CT molecular complexity index is 534. The standard InChI is InChI=1S/C18H27NO4/c1-6-11-19(17(21)23-18(2,3)4)12-10-14-8-7-9-15(13-14)16(20)22-5/h7-9,13H,6,10-12H2,1-5H3. The van der Waals surface area contributed by atoms with Crippen molar-refractivity contribution in [2.45, 2.75) is 46.1 Å². The van der Waals surface area contributed by atoms with E-state index in [1.54, 1.807) is 17.0 Å². The van der Waals surface area contributed by atoms with Crippen LogP contribution >= 0.6 is 0 Å². The lowest BCUT2D eigenvalue weighted by molar-refractivity contribution is 0.0251. The summed E-state index contributed by atoms with van der Waals surface area (Å²) >= 11 is 0. The van der Waals surface area contributed by atoms with Gasteiger partial charge in [0.25, 0.3) is 0 Å². The molecule has 5 heteroatoms. The second-order valence-electron chi connectivity index (χ2n) is 6.41. The summed E-state index contributed by atoms with van der Waals surface area (Å²) in [6, 6.07) is 7.27. The highest BCUT2D eigenvalue weighted by molar-refractivity contribution is 5.89. The molecule has 0 unspecified atom stereocenters. The molecule has 0 heterocycles. The van der Waals surface area contributed by atoms with Gasteiger partial charge in [-0.05, 0) is 51.3 Å². The Morgan fingerprint density at radius 2 is 1.87 bits per heavy atom. The van der Waals surface area contributed by atoms with Crippen LogP contribution in [0, 0.1) is 0 Å². The fourth-order valence-electron chi connectivity index (χ4n) is 2.13. The van der Waals surface area contributed by atoms with Crippen LogP contribution in [0.1, 0.15) is 50.0 Å². The second kappa shape index (κ2) is 8.56. The largest absolute Gasteiger partial charge is 0.465 e. The van der Waals surface area contributed by atoms with Crippen molar-refractivity contribution < 1.29 is 19.1 Å². The zero-order chi connectivity index (χ0) is 17.5. The first-order chi connectivity index (χ1) is 10.8. The maximum Gasteiger partial charge on any atom is 0.410 e. The molecule has 1 amide bonds. The summed E-state index contributed by atoms with van der Waals surface area (Å²) in [5.41, 5.74) is 0.996. The number of hydrogen-bond donors (Lipinski definition) is 0. The van der Waals surface area contributed by atoms with Gasteiger partial charge in [-0.25, -0.2) is 9.59 Å². The molecule has 23 heavy (non-hydrogen) atoms. The van der Waals surface area contributed by atoms with Gasteiger partial charge < -0.3 is 14.4 Å². The fraction of sp³-hybridized carbons (Fsp3) is 0.556. The molecule has 0 N–H and O–H groups in total. The van der Waals surface area contributed by atoms with Crippen LogP contribution in [0.4, 0.5) is 4.79 Å². The molecule has 1 rings (SSSR count). The number of hydrogen-bond acceptors (Lipinski definition) is 4. The lowest BCUT2D eigenvalue weighted by Gasteiger charge is -2.27. The highest BCUT2D eigenvalue weighted by atomic mass is 16.6. The normalized spacial score (nSPS) is 11.0. The highest BCUT2D eigenvalue weighted by Crippen LogP contribution is 2.12. The second-order valence-corrected chi connectivity index (χ2v) is 6.41. The average Bonchev–Trinajstić information content (AvgIpc) is 2.49. The van der Waals surface area contributed by atoms with Crippen molar-refractivity contribution >= 4 is 12.1 Å². The van der Waals surface area contributed by atoms with Gasteiger partial charge in [0.2, 0.25) is 0 Å². The number of rotatable bonds is 6. The van der Waals surface area contributed by atoms with Crippen LogP contribution in [-0.2, 0) is 15.9 Å². The van der Waals surface area contributed by atoms with E-state index < -0.39 is 5.60 Å². The minimum atomic E-state index is -0.506. The molecule has 0 bridgehead atoms. The average molecular weight is 321 g/mol. The van der Waals surface area contributed by atoms with Gasteiger partial charge >= 0.3 is 12.1 Å². The molecule has 0 aliphatic rings. The van der Waals surface area contributed by atoms with Crippen LogP contribution in [0.5, 0.6) is 0 Å². The Labute approximate surface area is 138 Å². The van der Waals surface area contributed by atoms with Crippen molar-refractivity contribution in [3.63, 3.8) is 0 Å². The molecule has 0 aromatic heterocycles. The molecule has 0 spiro atoms. The van der Waals surface area contributed by atoms with Gasteiger partial charge in [-0.15, -0.1) is 0 Å². The van der Waals surface area contributed by atoms with Crippen molar-refractivity contribution in [2.75, 3.05) is 20.2 Å². The summed E-state index contributed by atoms with van der Waals surface area (Å²) in [4.78, 5) is 25.5. The number of esters is 1. The molecule has 0 saturated heterocycles. The first-order valence-electron chi connectivity index (χ1n) is 7.92. The van der Waals surface area contributed by atoms with Gasteiger partial charge in [0.1, 0.15) is 5.60 Å². The van der Waals surface area contributed by atoms with Crippen molar-refractivity contribution in [1.29, 1.82) is 0 Å².